The van der Waals surface area contributed by atoms with Crippen LogP contribution in [-0.2, 0) is 10.0 Å². The molecule has 0 spiro atoms. The Kier molecular flexibility index (Phi) is 3.89. The average Bonchev–Trinajstić information content (AvgIpc) is 2.66. The van der Waals surface area contributed by atoms with Gasteiger partial charge in [-0.05, 0) is 36.4 Å². The Bertz CT molecular complexity index is 1340. The quantitative estimate of drug-likeness (QED) is 0.376. The van der Waals surface area contributed by atoms with Crippen molar-refractivity contribution in [3.8, 4) is 5.75 Å². The Balaban J connectivity index is 1.99. The summed E-state index contributed by atoms with van der Waals surface area (Å²) in [5.41, 5.74) is -0.631. The molecule has 146 valence electrons. The van der Waals surface area contributed by atoms with Gasteiger partial charge in [-0.25, -0.2) is 18.5 Å². The van der Waals surface area contributed by atoms with E-state index in [1.54, 1.807) is 0 Å². The van der Waals surface area contributed by atoms with Crippen molar-refractivity contribution in [3.63, 3.8) is 0 Å². The first-order valence-corrected chi connectivity index (χ1v) is 9.60. The van der Waals surface area contributed by atoms with Crippen molar-refractivity contribution in [2.75, 3.05) is 4.90 Å². The molecule has 0 saturated carbocycles. The number of anilines is 1. The third-order valence-corrected chi connectivity index (χ3v) is 5.51. The van der Waals surface area contributed by atoms with E-state index in [-0.39, 0.29) is 33.3 Å². The monoisotopic (exact) mass is 413 g/mol. The fourth-order valence-electron chi connectivity index (χ4n) is 3.32. The summed E-state index contributed by atoms with van der Waals surface area (Å²) in [5.74, 6) is -2.25. The Morgan fingerprint density at radius 1 is 1.00 bits per heavy atom. The number of hydrogen-bond acceptors (Lipinski definition) is 7. The lowest BCUT2D eigenvalue weighted by Gasteiger charge is -2.27. The number of amides is 2. The van der Waals surface area contributed by atoms with Crippen molar-refractivity contribution in [3.05, 3.63) is 69.8 Å². The number of benzene rings is 3. The second kappa shape index (κ2) is 6.09. The number of nitro groups is 1. The third-order valence-electron chi connectivity index (χ3n) is 4.60. The van der Waals surface area contributed by atoms with Crippen molar-refractivity contribution in [2.24, 2.45) is 5.14 Å². The minimum atomic E-state index is -4.17. The van der Waals surface area contributed by atoms with Gasteiger partial charge in [0.2, 0.25) is 10.0 Å². The van der Waals surface area contributed by atoms with E-state index in [9.17, 15) is 33.2 Å². The van der Waals surface area contributed by atoms with Crippen molar-refractivity contribution >= 4 is 44.0 Å². The van der Waals surface area contributed by atoms with Gasteiger partial charge in [0, 0.05) is 22.6 Å². The molecule has 1 aliphatic heterocycles. The lowest BCUT2D eigenvalue weighted by Crippen LogP contribution is -2.40. The van der Waals surface area contributed by atoms with E-state index < -0.39 is 37.4 Å². The second-order valence-corrected chi connectivity index (χ2v) is 7.82. The van der Waals surface area contributed by atoms with Crippen molar-refractivity contribution in [1.82, 2.24) is 0 Å². The zero-order valence-electron chi connectivity index (χ0n) is 14.4. The highest BCUT2D eigenvalue weighted by atomic mass is 32.2. The van der Waals surface area contributed by atoms with Gasteiger partial charge in [0.05, 0.1) is 20.9 Å². The molecule has 1 heterocycles. The van der Waals surface area contributed by atoms with E-state index >= 15 is 0 Å². The molecule has 0 aromatic heterocycles. The molecule has 2 amide bonds. The number of carbonyl (C=O) groups is 2. The zero-order valence-corrected chi connectivity index (χ0v) is 15.2. The number of phenolic OH excluding ortho intramolecular Hbond substituents is 1. The molecule has 0 fully saturated rings. The van der Waals surface area contributed by atoms with Crippen LogP contribution < -0.4 is 10.0 Å². The number of nitro benzene ring substituents is 1. The van der Waals surface area contributed by atoms with E-state index in [1.807, 2.05) is 0 Å². The summed E-state index contributed by atoms with van der Waals surface area (Å²) < 4.78 is 23.3. The van der Waals surface area contributed by atoms with Gasteiger partial charge in [-0.1, -0.05) is 6.07 Å². The van der Waals surface area contributed by atoms with Crippen LogP contribution in [0, 0.1) is 10.1 Å². The van der Waals surface area contributed by atoms with Gasteiger partial charge in [-0.2, -0.15) is 0 Å². The van der Waals surface area contributed by atoms with Crippen LogP contribution in [0.25, 0.3) is 10.8 Å². The summed E-state index contributed by atoms with van der Waals surface area (Å²) in [5, 5.41) is 26.8. The first-order chi connectivity index (χ1) is 13.6. The number of primary sulfonamides is 1. The van der Waals surface area contributed by atoms with Gasteiger partial charge in [0.15, 0.2) is 0 Å². The number of aromatic hydroxyl groups is 1. The normalized spacial score (nSPS) is 13.8. The molecule has 0 bridgehead atoms. The minimum absolute atomic E-state index is 0.00112. The molecule has 0 atom stereocenters. The van der Waals surface area contributed by atoms with Gasteiger partial charge in [-0.15, -0.1) is 0 Å². The smallest absolute Gasteiger partial charge is 0.277 e. The number of nitrogens with zero attached hydrogens (tertiary/aromatic N) is 2. The minimum Gasteiger partial charge on any atom is -0.506 e. The third kappa shape index (κ3) is 2.71. The average molecular weight is 413 g/mol. The molecule has 0 saturated heterocycles. The van der Waals surface area contributed by atoms with Gasteiger partial charge in [0.25, 0.3) is 17.5 Å². The van der Waals surface area contributed by atoms with Gasteiger partial charge < -0.3 is 5.11 Å². The number of non-ortho nitro benzene ring substituents is 1. The summed E-state index contributed by atoms with van der Waals surface area (Å²) in [6, 6.07) is 9.55. The predicted molar refractivity (Wildman–Crippen MR) is 101 cm³/mol. The highest BCUT2D eigenvalue weighted by Gasteiger charge is 2.37. The molecule has 29 heavy (non-hydrogen) atoms. The van der Waals surface area contributed by atoms with E-state index in [1.165, 1.54) is 24.3 Å². The first kappa shape index (κ1) is 18.5. The summed E-state index contributed by atoms with van der Waals surface area (Å²) in [4.78, 5) is 37.0. The van der Waals surface area contributed by atoms with Crippen LogP contribution in [0.1, 0.15) is 20.7 Å². The standard InChI is InChI=1S/C18H11N3O7S/c19-29(27,28)9-4-7-15(22)14(8-9)20-17(23)11-3-1-2-10-13(21(25)26)6-5-12(16(10)11)18(20)24/h1-8,22H,(H2,19,27,28). The Morgan fingerprint density at radius 3 is 2.28 bits per heavy atom. The fourth-order valence-corrected chi connectivity index (χ4v) is 3.85. The molecule has 0 aliphatic carbocycles. The van der Waals surface area contributed by atoms with Crippen LogP contribution in [0.5, 0.6) is 5.75 Å². The van der Waals surface area contributed by atoms with Crippen molar-refractivity contribution in [1.29, 1.82) is 0 Å². The van der Waals surface area contributed by atoms with E-state index in [4.69, 9.17) is 5.14 Å². The molecule has 11 heteroatoms. The summed E-state index contributed by atoms with van der Waals surface area (Å²) in [7, 11) is -4.17. The lowest BCUT2D eigenvalue weighted by molar-refractivity contribution is -0.383. The van der Waals surface area contributed by atoms with Gasteiger partial charge in [-0.3, -0.25) is 19.7 Å². The van der Waals surface area contributed by atoms with Crippen LogP contribution in [0.2, 0.25) is 0 Å². The molecule has 0 unspecified atom stereocenters. The van der Waals surface area contributed by atoms with Crippen LogP contribution in [0.15, 0.2) is 53.4 Å². The number of rotatable bonds is 3. The maximum absolute atomic E-state index is 13.1. The number of sulfonamides is 1. The molecule has 3 aromatic carbocycles. The van der Waals surface area contributed by atoms with Crippen LogP contribution in [-0.4, -0.2) is 30.3 Å². The summed E-state index contributed by atoms with van der Waals surface area (Å²) in [6.45, 7) is 0. The van der Waals surface area contributed by atoms with E-state index in [0.717, 1.165) is 24.3 Å². The van der Waals surface area contributed by atoms with Crippen molar-refractivity contribution in [2.45, 2.75) is 4.90 Å². The summed E-state index contributed by atoms with van der Waals surface area (Å²) >= 11 is 0. The number of carbonyl (C=O) groups excluding carboxylic acids is 2. The number of hydrogen-bond donors (Lipinski definition) is 2. The maximum Gasteiger partial charge on any atom is 0.277 e. The number of imide groups is 1. The van der Waals surface area contributed by atoms with Crippen LogP contribution in [0.3, 0.4) is 0 Å². The van der Waals surface area contributed by atoms with Gasteiger partial charge in [0.1, 0.15) is 5.75 Å². The Labute approximate surface area is 163 Å². The fraction of sp³-hybridized carbons (Fsp3) is 0. The van der Waals surface area contributed by atoms with Crippen LogP contribution >= 0.6 is 0 Å². The van der Waals surface area contributed by atoms with Gasteiger partial charge >= 0.3 is 0 Å². The SMILES string of the molecule is NS(=O)(=O)c1ccc(O)c(N2C(=O)c3cccc4c([N+](=O)[O-])ccc(c34)C2=O)c1. The molecule has 0 radical (unpaired) electrons. The Hall–Kier alpha value is -3.83. The Morgan fingerprint density at radius 2 is 1.66 bits per heavy atom. The molecular formula is C18H11N3O7S. The molecule has 1 aliphatic rings. The van der Waals surface area contributed by atoms with Crippen molar-refractivity contribution < 1.29 is 28.0 Å². The number of nitrogens with two attached hydrogens (primary N) is 1. The summed E-state index contributed by atoms with van der Waals surface area (Å²) in [6.07, 6.45) is 0. The second-order valence-electron chi connectivity index (χ2n) is 6.26. The lowest BCUT2D eigenvalue weighted by atomic mass is 9.92. The molecular weight excluding hydrogens is 402 g/mol. The molecule has 10 nitrogen and oxygen atoms in total. The largest absolute Gasteiger partial charge is 0.506 e. The van der Waals surface area contributed by atoms with Crippen LogP contribution in [0.4, 0.5) is 11.4 Å². The van der Waals surface area contributed by atoms with E-state index in [2.05, 4.69) is 0 Å². The number of phenols is 1. The maximum atomic E-state index is 13.1. The highest BCUT2D eigenvalue weighted by Crippen LogP contribution is 2.39. The topological polar surface area (TPSA) is 161 Å². The van der Waals surface area contributed by atoms with E-state index in [0.29, 0.717) is 4.90 Å². The first-order valence-electron chi connectivity index (χ1n) is 8.06. The predicted octanol–water partition coefficient (Wildman–Crippen LogP) is 1.90. The molecule has 3 N–H and O–H groups in total. The molecule has 3 aromatic rings. The highest BCUT2D eigenvalue weighted by molar-refractivity contribution is 7.89. The molecule has 4 rings (SSSR count). The zero-order chi connectivity index (χ0) is 21.1.